The van der Waals surface area contributed by atoms with E-state index in [0.29, 0.717) is 17.4 Å². The van der Waals surface area contributed by atoms with Gasteiger partial charge in [-0.3, -0.25) is 14.2 Å². The maximum absolute atomic E-state index is 13.6. The van der Waals surface area contributed by atoms with Crippen LogP contribution in [0.4, 0.5) is 0 Å². The van der Waals surface area contributed by atoms with Gasteiger partial charge in [0.05, 0.1) is 33.8 Å². The maximum atomic E-state index is 13.6. The van der Waals surface area contributed by atoms with Gasteiger partial charge in [0.2, 0.25) is 5.91 Å². The van der Waals surface area contributed by atoms with Crippen LogP contribution in [0.2, 0.25) is 0 Å². The number of likely N-dealkylation sites (N-methyl/N-ethyl adjacent to an activating group) is 1. The van der Waals surface area contributed by atoms with Crippen LogP contribution in [0.1, 0.15) is 400 Å². The summed E-state index contributed by atoms with van der Waals surface area (Å²) in [6.07, 6.45) is 81.8. The number of carbonyl (C=O) groups is 2. The summed E-state index contributed by atoms with van der Waals surface area (Å²) in [6, 6.07) is -0.884. The average Bonchev–Trinajstić information content (AvgIpc) is 3.66. The van der Waals surface area contributed by atoms with Crippen LogP contribution in [-0.2, 0) is 27.9 Å². The van der Waals surface area contributed by atoms with E-state index in [0.717, 1.165) is 57.8 Å². The standard InChI is InChI=1S/C76H149N2O7P/c1-7-10-13-16-19-22-25-28-30-32-34-36-37-38-39-40-41-43-45-47-49-51-54-57-60-63-66-69-76(80)85-74(67-64-61-58-55-52-27-24-21-18-15-12-9-3)73(72-84-86(81,82)83-71-70-78(4,5)6)77-75(79)68-65-62-59-56-53-50-48-46-44-42-35-33-31-29-26-23-20-17-14-11-8-2/h29,31,64,67,73-74H,7-28,30,32-63,65-66,68-72H2,1-6H3,(H-,77,79,81,82)/b31-29+,67-64-. The van der Waals surface area contributed by atoms with Crippen LogP contribution in [0.5, 0.6) is 0 Å². The van der Waals surface area contributed by atoms with E-state index in [-0.39, 0.29) is 31.5 Å². The second-order valence-corrected chi connectivity index (χ2v) is 28.9. The number of nitrogens with one attached hydrogen (secondary N) is 1. The van der Waals surface area contributed by atoms with Crippen molar-refractivity contribution in [1.29, 1.82) is 0 Å². The summed E-state index contributed by atoms with van der Waals surface area (Å²) >= 11 is 0. The first kappa shape index (κ1) is 84.5. The normalized spacial score (nSPS) is 13.5. The molecule has 1 N–H and O–H groups in total. The van der Waals surface area contributed by atoms with Crippen molar-refractivity contribution in [2.75, 3.05) is 40.9 Å². The minimum Gasteiger partial charge on any atom is -0.756 e. The Kier molecular flexibility index (Phi) is 65.2. The number of unbranched alkanes of at least 4 members (excludes halogenated alkanes) is 53. The molecular formula is C76H149N2O7P. The zero-order valence-electron chi connectivity index (χ0n) is 58.6. The molecule has 0 fully saturated rings. The van der Waals surface area contributed by atoms with Crippen LogP contribution in [0.15, 0.2) is 24.3 Å². The van der Waals surface area contributed by atoms with Crippen molar-refractivity contribution in [2.45, 2.75) is 412 Å². The Labute approximate surface area is 536 Å². The van der Waals surface area contributed by atoms with Crippen molar-refractivity contribution < 1.29 is 37.3 Å². The lowest BCUT2D eigenvalue weighted by Gasteiger charge is -2.30. The van der Waals surface area contributed by atoms with Crippen LogP contribution in [0.25, 0.3) is 0 Å². The molecule has 86 heavy (non-hydrogen) atoms. The third-order valence-corrected chi connectivity index (χ3v) is 18.6. The summed E-state index contributed by atoms with van der Waals surface area (Å²) in [6.45, 7) is 6.92. The van der Waals surface area contributed by atoms with E-state index >= 15 is 0 Å². The third-order valence-electron chi connectivity index (χ3n) is 17.6. The molecule has 3 atom stereocenters. The summed E-state index contributed by atoms with van der Waals surface area (Å²) in [5, 5.41) is 3.05. The summed E-state index contributed by atoms with van der Waals surface area (Å²) in [7, 11) is 1.21. The molecule has 0 saturated carbocycles. The van der Waals surface area contributed by atoms with Crippen molar-refractivity contribution in [3.8, 4) is 0 Å². The van der Waals surface area contributed by atoms with Gasteiger partial charge in [-0.2, -0.15) is 0 Å². The number of amides is 1. The Morgan fingerprint density at radius 2 is 0.674 bits per heavy atom. The van der Waals surface area contributed by atoms with Gasteiger partial charge in [0.1, 0.15) is 19.3 Å². The van der Waals surface area contributed by atoms with E-state index in [2.05, 4.69) is 38.2 Å². The van der Waals surface area contributed by atoms with Crippen LogP contribution in [0.3, 0.4) is 0 Å². The molecule has 0 aliphatic rings. The van der Waals surface area contributed by atoms with Crippen molar-refractivity contribution in [3.05, 3.63) is 24.3 Å². The summed E-state index contributed by atoms with van der Waals surface area (Å²) in [4.78, 5) is 40.2. The first-order valence-corrected chi connectivity index (χ1v) is 39.6. The molecule has 0 aromatic carbocycles. The van der Waals surface area contributed by atoms with E-state index in [9.17, 15) is 19.0 Å². The number of carbonyl (C=O) groups excluding carboxylic acids is 2. The van der Waals surface area contributed by atoms with Gasteiger partial charge in [-0.25, -0.2) is 0 Å². The van der Waals surface area contributed by atoms with E-state index < -0.39 is 20.0 Å². The summed E-state index contributed by atoms with van der Waals surface area (Å²) in [5.74, 6) is -0.517. The molecule has 3 unspecified atom stereocenters. The van der Waals surface area contributed by atoms with Crippen molar-refractivity contribution in [3.63, 3.8) is 0 Å². The van der Waals surface area contributed by atoms with Gasteiger partial charge in [0.15, 0.2) is 0 Å². The lowest BCUT2D eigenvalue weighted by Crippen LogP contribution is -2.47. The van der Waals surface area contributed by atoms with Crippen LogP contribution < -0.4 is 10.2 Å². The Morgan fingerprint density at radius 1 is 0.395 bits per heavy atom. The predicted octanol–water partition coefficient (Wildman–Crippen LogP) is 23.8. The molecule has 0 aliphatic heterocycles. The highest BCUT2D eigenvalue weighted by atomic mass is 31.2. The second-order valence-electron chi connectivity index (χ2n) is 27.5. The molecule has 1 amide bonds. The number of phosphoric ester groups is 1. The highest BCUT2D eigenvalue weighted by molar-refractivity contribution is 7.45. The lowest BCUT2D eigenvalue weighted by atomic mass is 10.0. The third kappa shape index (κ3) is 66.9. The van der Waals surface area contributed by atoms with E-state index in [1.165, 1.54) is 308 Å². The number of esters is 1. The number of hydrogen-bond donors (Lipinski definition) is 1. The topological polar surface area (TPSA) is 114 Å². The fourth-order valence-electron chi connectivity index (χ4n) is 11.8. The SMILES string of the molecule is CCCCCCCC/C=C/CCCCCCCCCCCCCC(=O)NC(COP(=O)([O-])OCC[N+](C)(C)C)C(/C=C\CCCCCCCCCCCC)OC(=O)CCCCCCCCCCCCCCCCCCCCCCCCCCCCC. The quantitative estimate of drug-likeness (QED) is 0.0212. The van der Waals surface area contributed by atoms with Crippen LogP contribution in [0, 0.1) is 0 Å². The maximum Gasteiger partial charge on any atom is 0.306 e. The Balaban J connectivity index is 4.93. The van der Waals surface area contributed by atoms with E-state index in [1.54, 1.807) is 0 Å². The molecule has 9 nitrogen and oxygen atoms in total. The molecule has 0 bridgehead atoms. The van der Waals surface area contributed by atoms with Crippen molar-refractivity contribution in [2.24, 2.45) is 0 Å². The monoisotopic (exact) mass is 1230 g/mol. The number of phosphoric acid groups is 1. The molecule has 0 aliphatic carbocycles. The fraction of sp³-hybridized carbons (Fsp3) is 0.921. The van der Waals surface area contributed by atoms with Gasteiger partial charge in [0, 0.05) is 12.8 Å². The highest BCUT2D eigenvalue weighted by Crippen LogP contribution is 2.38. The van der Waals surface area contributed by atoms with Crippen molar-refractivity contribution in [1.82, 2.24) is 5.32 Å². The Morgan fingerprint density at radius 3 is 0.988 bits per heavy atom. The van der Waals surface area contributed by atoms with Crippen LogP contribution >= 0.6 is 7.82 Å². The van der Waals surface area contributed by atoms with Gasteiger partial charge < -0.3 is 28.5 Å². The molecule has 0 rings (SSSR count). The smallest absolute Gasteiger partial charge is 0.306 e. The molecule has 0 radical (unpaired) electrons. The largest absolute Gasteiger partial charge is 0.756 e. The molecule has 0 aromatic rings. The van der Waals surface area contributed by atoms with Gasteiger partial charge >= 0.3 is 5.97 Å². The average molecular weight is 1230 g/mol. The molecule has 10 heteroatoms. The van der Waals surface area contributed by atoms with Gasteiger partial charge in [-0.1, -0.05) is 354 Å². The minimum atomic E-state index is -4.70. The summed E-state index contributed by atoms with van der Waals surface area (Å²) in [5.41, 5.74) is 0. The number of quaternary nitrogens is 1. The fourth-order valence-corrected chi connectivity index (χ4v) is 12.5. The Hall–Kier alpha value is -1.51. The van der Waals surface area contributed by atoms with Gasteiger partial charge in [-0.05, 0) is 57.4 Å². The number of rotatable bonds is 71. The first-order valence-electron chi connectivity index (χ1n) is 38.1. The molecule has 510 valence electrons. The molecule has 0 heterocycles. The second kappa shape index (κ2) is 66.4. The number of nitrogens with zero attached hydrogens (tertiary/aromatic N) is 1. The van der Waals surface area contributed by atoms with Gasteiger partial charge in [0.25, 0.3) is 7.82 Å². The van der Waals surface area contributed by atoms with E-state index in [1.807, 2.05) is 33.3 Å². The molecule has 0 saturated heterocycles. The molecular weight excluding hydrogens is 1080 g/mol. The zero-order valence-corrected chi connectivity index (χ0v) is 59.5. The van der Waals surface area contributed by atoms with Crippen LogP contribution in [-0.4, -0.2) is 69.4 Å². The number of allylic oxidation sites excluding steroid dienone is 3. The van der Waals surface area contributed by atoms with E-state index in [4.69, 9.17) is 13.8 Å². The highest BCUT2D eigenvalue weighted by Gasteiger charge is 2.27. The van der Waals surface area contributed by atoms with Crippen molar-refractivity contribution >= 4 is 19.7 Å². The zero-order chi connectivity index (χ0) is 62.8. The lowest BCUT2D eigenvalue weighted by molar-refractivity contribution is -0.870. The number of ether oxygens (including phenoxy) is 1. The van der Waals surface area contributed by atoms with Gasteiger partial charge in [-0.15, -0.1) is 0 Å². The summed E-state index contributed by atoms with van der Waals surface area (Å²) < 4.78 is 30.5. The minimum absolute atomic E-state index is 0.0182. The predicted molar refractivity (Wildman–Crippen MR) is 372 cm³/mol. The molecule has 0 spiro atoms. The molecule has 0 aromatic heterocycles. The number of hydrogen-bond acceptors (Lipinski definition) is 7. The first-order chi connectivity index (χ1) is 41.9. The Bertz CT molecular complexity index is 1520.